The van der Waals surface area contributed by atoms with Crippen molar-refractivity contribution < 1.29 is 13.2 Å². The smallest absolute Gasteiger partial charge is 0.179 e. The lowest BCUT2D eigenvalue weighted by Crippen LogP contribution is -2.31. The Kier molecular flexibility index (Phi) is 5.42. The topological polar surface area (TPSA) is 72.6 Å². The van der Waals surface area contributed by atoms with Crippen molar-refractivity contribution in [3.63, 3.8) is 0 Å². The number of nitrogens with two attached hydrogens (primary N) is 1. The number of methoxy groups -OCH3 is 1. The number of rotatable bonds is 6. The summed E-state index contributed by atoms with van der Waals surface area (Å²) in [6, 6.07) is 16.8. The van der Waals surface area contributed by atoms with Crippen LogP contribution < -0.4 is 10.5 Å². The lowest BCUT2D eigenvalue weighted by atomic mass is 9.95. The van der Waals surface area contributed by atoms with E-state index in [1.807, 2.05) is 18.2 Å². The first-order valence-corrected chi connectivity index (χ1v) is 10.0. The van der Waals surface area contributed by atoms with Gasteiger partial charge in [0.15, 0.2) is 9.84 Å². The Hall–Kier alpha value is -1.89. The van der Waals surface area contributed by atoms with Gasteiger partial charge in [0.2, 0.25) is 0 Å². The molecular weight excluding hydrogens is 336 g/mol. The third-order valence-corrected chi connectivity index (χ3v) is 6.44. The molecule has 1 aliphatic rings. The Morgan fingerprint density at radius 3 is 2.60 bits per heavy atom. The van der Waals surface area contributed by atoms with Crippen LogP contribution >= 0.6 is 0 Å². The van der Waals surface area contributed by atoms with E-state index in [1.165, 1.54) is 12.7 Å². The molecule has 0 aliphatic carbocycles. The predicted octanol–water partition coefficient (Wildman–Crippen LogP) is 1.90. The molecule has 6 heteroatoms. The van der Waals surface area contributed by atoms with Crippen LogP contribution in [0.15, 0.2) is 59.5 Å². The molecular formula is C19H24N2O3S. The second kappa shape index (κ2) is 7.56. The van der Waals surface area contributed by atoms with E-state index in [1.54, 1.807) is 24.3 Å². The molecule has 1 saturated heterocycles. The summed E-state index contributed by atoms with van der Waals surface area (Å²) in [6.07, 6.45) is 0. The van der Waals surface area contributed by atoms with Crippen molar-refractivity contribution in [3.8, 4) is 5.75 Å². The standard InChI is InChI=1S/C19H24N2O3S/c1-24-16-8-5-9-17(12-16)25(22,23)11-10-21-13-18(19(20)14-21)15-6-3-2-4-7-15/h2-9,12,18-19H,10-11,13-14,20H2,1H3/t18-,19+/m0/s1. The fourth-order valence-corrected chi connectivity index (χ4v) is 4.63. The summed E-state index contributed by atoms with van der Waals surface area (Å²) < 4.78 is 30.3. The third kappa shape index (κ3) is 4.21. The van der Waals surface area contributed by atoms with Gasteiger partial charge >= 0.3 is 0 Å². The zero-order valence-electron chi connectivity index (χ0n) is 14.3. The lowest BCUT2D eigenvalue weighted by Gasteiger charge is -2.16. The number of nitrogens with zero attached hydrogens (tertiary/aromatic N) is 1. The number of ether oxygens (including phenoxy) is 1. The van der Waals surface area contributed by atoms with Gasteiger partial charge in [0.05, 0.1) is 17.8 Å². The molecule has 1 heterocycles. The van der Waals surface area contributed by atoms with Crippen molar-refractivity contribution in [1.82, 2.24) is 4.90 Å². The summed E-state index contributed by atoms with van der Waals surface area (Å²) in [5.74, 6) is 0.878. The van der Waals surface area contributed by atoms with Gasteiger partial charge in [-0.05, 0) is 23.8 Å². The van der Waals surface area contributed by atoms with Crippen LogP contribution in [0, 0.1) is 0 Å². The Balaban J connectivity index is 1.63. The third-order valence-electron chi connectivity index (χ3n) is 4.75. The number of hydrogen-bond acceptors (Lipinski definition) is 5. The highest BCUT2D eigenvalue weighted by Crippen LogP contribution is 2.26. The normalized spacial score (nSPS) is 21.4. The molecule has 1 aliphatic heterocycles. The molecule has 0 spiro atoms. The van der Waals surface area contributed by atoms with E-state index in [4.69, 9.17) is 10.5 Å². The summed E-state index contributed by atoms with van der Waals surface area (Å²) in [5, 5.41) is 0. The first kappa shape index (κ1) is 17.9. The predicted molar refractivity (Wildman–Crippen MR) is 98.6 cm³/mol. The van der Waals surface area contributed by atoms with E-state index < -0.39 is 9.84 Å². The van der Waals surface area contributed by atoms with Crippen molar-refractivity contribution in [2.24, 2.45) is 5.73 Å². The molecule has 0 radical (unpaired) electrons. The zero-order chi connectivity index (χ0) is 17.9. The maximum absolute atomic E-state index is 12.6. The van der Waals surface area contributed by atoms with Crippen LogP contribution in [0.5, 0.6) is 5.75 Å². The van der Waals surface area contributed by atoms with Gasteiger partial charge in [0, 0.05) is 31.6 Å². The number of hydrogen-bond donors (Lipinski definition) is 1. The molecule has 2 aromatic carbocycles. The second-order valence-corrected chi connectivity index (χ2v) is 8.55. The van der Waals surface area contributed by atoms with Crippen LogP contribution in [0.3, 0.4) is 0 Å². The largest absolute Gasteiger partial charge is 0.497 e. The highest BCUT2D eigenvalue weighted by molar-refractivity contribution is 7.91. The molecule has 0 aromatic heterocycles. The second-order valence-electron chi connectivity index (χ2n) is 6.44. The van der Waals surface area contributed by atoms with Crippen LogP contribution in [-0.4, -0.2) is 51.9 Å². The van der Waals surface area contributed by atoms with E-state index in [0.29, 0.717) is 23.7 Å². The van der Waals surface area contributed by atoms with Crippen molar-refractivity contribution >= 4 is 9.84 Å². The van der Waals surface area contributed by atoms with E-state index in [9.17, 15) is 8.42 Å². The van der Waals surface area contributed by atoms with Gasteiger partial charge < -0.3 is 15.4 Å². The first-order valence-electron chi connectivity index (χ1n) is 8.39. The number of likely N-dealkylation sites (tertiary alicyclic amines) is 1. The summed E-state index contributed by atoms with van der Waals surface area (Å²) in [6.45, 7) is 1.99. The maximum Gasteiger partial charge on any atom is 0.179 e. The van der Waals surface area contributed by atoms with E-state index >= 15 is 0 Å². The summed E-state index contributed by atoms with van der Waals surface area (Å²) in [5.41, 5.74) is 7.50. The Morgan fingerprint density at radius 2 is 1.88 bits per heavy atom. The average Bonchev–Trinajstić information content (AvgIpc) is 3.02. The molecule has 2 N–H and O–H groups in total. The van der Waals surface area contributed by atoms with E-state index in [2.05, 4.69) is 17.0 Å². The fraction of sp³-hybridized carbons (Fsp3) is 0.368. The molecule has 25 heavy (non-hydrogen) atoms. The molecule has 2 atom stereocenters. The number of sulfone groups is 1. The molecule has 134 valence electrons. The van der Waals surface area contributed by atoms with Crippen LogP contribution in [-0.2, 0) is 9.84 Å². The fourth-order valence-electron chi connectivity index (χ4n) is 3.31. The monoisotopic (exact) mass is 360 g/mol. The van der Waals surface area contributed by atoms with Crippen molar-refractivity contribution in [3.05, 3.63) is 60.2 Å². The highest BCUT2D eigenvalue weighted by atomic mass is 32.2. The molecule has 0 saturated carbocycles. The molecule has 0 bridgehead atoms. The Morgan fingerprint density at radius 1 is 1.12 bits per heavy atom. The Bertz CT molecular complexity index is 808. The maximum atomic E-state index is 12.6. The molecule has 1 fully saturated rings. The van der Waals surface area contributed by atoms with Gasteiger partial charge in [-0.15, -0.1) is 0 Å². The van der Waals surface area contributed by atoms with E-state index in [0.717, 1.165) is 6.54 Å². The first-order chi connectivity index (χ1) is 12.0. The molecule has 2 aromatic rings. The van der Waals surface area contributed by atoms with Crippen LogP contribution in [0.25, 0.3) is 0 Å². The van der Waals surface area contributed by atoms with Gasteiger partial charge in [0.25, 0.3) is 0 Å². The Labute approximate surface area is 149 Å². The van der Waals surface area contributed by atoms with Crippen molar-refractivity contribution in [2.75, 3.05) is 32.5 Å². The lowest BCUT2D eigenvalue weighted by molar-refractivity contribution is 0.351. The molecule has 0 unspecified atom stereocenters. The van der Waals surface area contributed by atoms with Gasteiger partial charge in [-0.3, -0.25) is 0 Å². The minimum Gasteiger partial charge on any atom is -0.497 e. The summed E-state index contributed by atoms with van der Waals surface area (Å²) >= 11 is 0. The zero-order valence-corrected chi connectivity index (χ0v) is 15.2. The van der Waals surface area contributed by atoms with Crippen LogP contribution in [0.1, 0.15) is 11.5 Å². The summed E-state index contributed by atoms with van der Waals surface area (Å²) in [7, 11) is -1.81. The van der Waals surface area contributed by atoms with Crippen LogP contribution in [0.2, 0.25) is 0 Å². The van der Waals surface area contributed by atoms with E-state index in [-0.39, 0.29) is 17.7 Å². The van der Waals surface area contributed by atoms with Gasteiger partial charge in [-0.25, -0.2) is 8.42 Å². The quantitative estimate of drug-likeness (QED) is 0.852. The molecule has 5 nitrogen and oxygen atoms in total. The van der Waals surface area contributed by atoms with Gasteiger partial charge in [-0.2, -0.15) is 0 Å². The van der Waals surface area contributed by atoms with Gasteiger partial charge in [0.1, 0.15) is 5.75 Å². The summed E-state index contributed by atoms with van der Waals surface area (Å²) in [4.78, 5) is 2.44. The highest BCUT2D eigenvalue weighted by Gasteiger charge is 2.31. The average molecular weight is 360 g/mol. The minimum absolute atomic E-state index is 0.0296. The van der Waals surface area contributed by atoms with Gasteiger partial charge in [-0.1, -0.05) is 36.4 Å². The SMILES string of the molecule is COc1cccc(S(=O)(=O)CCN2C[C@@H](N)[C@H](c3ccccc3)C2)c1. The van der Waals surface area contributed by atoms with Crippen LogP contribution in [0.4, 0.5) is 0 Å². The molecule has 0 amide bonds. The minimum atomic E-state index is -3.34. The van der Waals surface area contributed by atoms with Crippen molar-refractivity contribution in [2.45, 2.75) is 16.9 Å². The molecule has 3 rings (SSSR count). The van der Waals surface area contributed by atoms with Crippen molar-refractivity contribution in [1.29, 1.82) is 0 Å². The number of benzene rings is 2.